The smallest absolute Gasteiger partial charge is 0.412 e. The predicted octanol–water partition coefficient (Wildman–Crippen LogP) is 2.46. The summed E-state index contributed by atoms with van der Waals surface area (Å²) in [4.78, 5) is 20.1. The molecule has 3 aromatic heterocycles. The van der Waals surface area contributed by atoms with Crippen LogP contribution in [0, 0.1) is 0 Å². The van der Waals surface area contributed by atoms with E-state index < -0.39 is 22.5 Å². The normalized spacial score (nSPS) is 12.3. The Morgan fingerprint density at radius 3 is 2.43 bits per heavy atom. The second-order valence-corrected chi connectivity index (χ2v) is 7.80. The van der Waals surface area contributed by atoms with Crippen molar-refractivity contribution in [1.29, 1.82) is 0 Å². The fourth-order valence-corrected chi connectivity index (χ4v) is 3.55. The minimum Gasteiger partial charge on any atom is -0.412 e. The average molecular weight is 441 g/mol. The summed E-state index contributed by atoms with van der Waals surface area (Å²) < 4.78 is 52.9. The second-order valence-electron chi connectivity index (χ2n) is 6.09. The molecule has 0 aliphatic carbocycles. The Balaban J connectivity index is 0.00000320. The van der Waals surface area contributed by atoms with Gasteiger partial charge in [-0.25, -0.2) is 0 Å². The van der Waals surface area contributed by atoms with Crippen LogP contribution in [-0.4, -0.2) is 46.0 Å². The molecular weight excluding hydrogens is 423 g/mol. The predicted molar refractivity (Wildman–Crippen MR) is 103 cm³/mol. The lowest BCUT2D eigenvalue weighted by molar-refractivity contribution is -0.137. The first kappa shape index (κ1) is 23.3. The van der Waals surface area contributed by atoms with E-state index in [1.165, 1.54) is 23.8 Å². The van der Waals surface area contributed by atoms with E-state index in [0.29, 0.717) is 10.5 Å². The van der Waals surface area contributed by atoms with Crippen molar-refractivity contribution in [3.05, 3.63) is 41.7 Å². The summed E-state index contributed by atoms with van der Waals surface area (Å²) in [5.41, 5.74) is -0.334. The zero-order chi connectivity index (χ0) is 21.3. The maximum atomic E-state index is 13.0. The lowest BCUT2D eigenvalue weighted by Gasteiger charge is -2.10. The van der Waals surface area contributed by atoms with Gasteiger partial charge in [0.2, 0.25) is 0 Å². The third-order valence-corrected chi connectivity index (χ3v) is 5.50. The minimum absolute atomic E-state index is 0. The molecule has 0 aromatic carbocycles. The molecule has 0 bridgehead atoms. The van der Waals surface area contributed by atoms with Crippen LogP contribution in [0.1, 0.15) is 29.8 Å². The van der Waals surface area contributed by atoms with E-state index in [1.54, 1.807) is 14.0 Å². The zero-order valence-corrected chi connectivity index (χ0v) is 17.0. The first-order chi connectivity index (χ1) is 13.6. The van der Waals surface area contributed by atoms with E-state index in [2.05, 4.69) is 20.2 Å². The fraction of sp³-hybridized carbons (Fsp3) is 0.278. The fourth-order valence-electron chi connectivity index (χ4n) is 2.62. The largest absolute Gasteiger partial charge is 0.416 e. The molecule has 0 radical (unpaired) electrons. The van der Waals surface area contributed by atoms with Crippen molar-refractivity contribution >= 4 is 16.6 Å². The van der Waals surface area contributed by atoms with Crippen molar-refractivity contribution in [2.75, 3.05) is 5.75 Å². The zero-order valence-electron chi connectivity index (χ0n) is 16.2. The van der Waals surface area contributed by atoms with Crippen LogP contribution in [0.25, 0.3) is 23.0 Å². The third-order valence-electron chi connectivity index (χ3n) is 4.17. The summed E-state index contributed by atoms with van der Waals surface area (Å²) in [6.45, 7) is 3.09. The summed E-state index contributed by atoms with van der Waals surface area (Å²) in [5, 5.41) is 7.96. The first-order valence-corrected chi connectivity index (χ1v) is 9.78. The van der Waals surface area contributed by atoms with Crippen LogP contribution in [-0.2, 0) is 24.0 Å². The quantitative estimate of drug-likeness (QED) is 0.561. The van der Waals surface area contributed by atoms with Gasteiger partial charge in [0.1, 0.15) is 11.4 Å². The number of ketones is 1. The Labute approximate surface area is 172 Å². The van der Waals surface area contributed by atoms with E-state index in [0.717, 1.165) is 18.3 Å². The highest BCUT2D eigenvalue weighted by molar-refractivity contribution is 7.85. The molecule has 3 aromatic rings. The molecule has 0 aliphatic rings. The second kappa shape index (κ2) is 8.79. The molecule has 1 atom stereocenters. The van der Waals surface area contributed by atoms with Gasteiger partial charge in [0.15, 0.2) is 17.4 Å². The molecule has 0 aliphatic heterocycles. The number of alkyl halides is 3. The highest BCUT2D eigenvalue weighted by Gasteiger charge is 2.31. The number of carbonyl (C=O) groups is 1. The van der Waals surface area contributed by atoms with Crippen molar-refractivity contribution in [3.63, 3.8) is 0 Å². The lowest BCUT2D eigenvalue weighted by Crippen LogP contribution is -2.07. The van der Waals surface area contributed by atoms with Crippen molar-refractivity contribution in [2.24, 2.45) is 7.05 Å². The van der Waals surface area contributed by atoms with E-state index in [9.17, 15) is 22.2 Å². The molecule has 0 fully saturated rings. The molecule has 1 unspecified atom stereocenters. The molecule has 8 nitrogen and oxygen atoms in total. The Morgan fingerprint density at radius 2 is 1.83 bits per heavy atom. The number of hydrogen-bond donors (Lipinski definition) is 0. The molecular formula is C18H18F3N5O3S. The SMILES string of the molecule is CCS(=O)c1cc(C(C)=O)cnc1-c1nnc(-c2cc(C(F)(F)F)ccn2)n1C.O. The van der Waals surface area contributed by atoms with E-state index in [-0.39, 0.29) is 40.0 Å². The highest BCUT2D eigenvalue weighted by Crippen LogP contribution is 2.32. The third kappa shape index (κ3) is 4.44. The standard InChI is InChI=1S/C18H16F3N5O2S.H2O/c1-4-29(28)14-7-11(10(2)27)9-23-15(14)17-25-24-16(26(17)3)13-8-12(5-6-22-13)18(19,20)21;/h5-9H,4H2,1-3H3;1H2. The molecule has 3 heterocycles. The van der Waals surface area contributed by atoms with Gasteiger partial charge >= 0.3 is 6.18 Å². The van der Waals surface area contributed by atoms with Crippen LogP contribution >= 0.6 is 0 Å². The molecule has 0 spiro atoms. The molecule has 12 heteroatoms. The van der Waals surface area contributed by atoms with E-state index >= 15 is 0 Å². The van der Waals surface area contributed by atoms with Crippen molar-refractivity contribution in [2.45, 2.75) is 24.9 Å². The van der Waals surface area contributed by atoms with Gasteiger partial charge in [0, 0.05) is 30.8 Å². The van der Waals surface area contributed by atoms with E-state index in [1.807, 2.05) is 0 Å². The summed E-state index contributed by atoms with van der Waals surface area (Å²) in [6, 6.07) is 3.23. The lowest BCUT2D eigenvalue weighted by atomic mass is 10.2. The van der Waals surface area contributed by atoms with Crippen LogP contribution in [0.5, 0.6) is 0 Å². The van der Waals surface area contributed by atoms with E-state index in [4.69, 9.17) is 0 Å². The topological polar surface area (TPSA) is 122 Å². The van der Waals surface area contributed by atoms with Crippen molar-refractivity contribution < 1.29 is 27.7 Å². The number of nitrogens with zero attached hydrogens (tertiary/aromatic N) is 5. The molecule has 160 valence electrons. The highest BCUT2D eigenvalue weighted by atomic mass is 32.2. The summed E-state index contributed by atoms with van der Waals surface area (Å²) >= 11 is 0. The van der Waals surface area contributed by atoms with Crippen LogP contribution in [0.15, 0.2) is 35.5 Å². The number of Topliss-reactive ketones (excluding diaryl/α,β-unsaturated/α-hetero) is 1. The molecule has 0 saturated carbocycles. The van der Waals surface area contributed by atoms with Gasteiger partial charge in [-0.3, -0.25) is 19.0 Å². The van der Waals surface area contributed by atoms with Gasteiger partial charge in [-0.15, -0.1) is 10.2 Å². The van der Waals surface area contributed by atoms with Gasteiger partial charge in [-0.2, -0.15) is 13.2 Å². The maximum Gasteiger partial charge on any atom is 0.416 e. The maximum absolute atomic E-state index is 13.0. The van der Waals surface area contributed by atoms with Crippen molar-refractivity contribution in [1.82, 2.24) is 24.7 Å². The number of rotatable bonds is 5. The number of carbonyl (C=O) groups excluding carboxylic acids is 1. The Bertz CT molecular complexity index is 1110. The number of pyridine rings is 2. The summed E-state index contributed by atoms with van der Waals surface area (Å²) in [6.07, 6.45) is -2.14. The van der Waals surface area contributed by atoms with Crippen molar-refractivity contribution in [3.8, 4) is 23.0 Å². The van der Waals surface area contributed by atoms with Crippen LogP contribution in [0.2, 0.25) is 0 Å². The minimum atomic E-state index is -4.52. The Morgan fingerprint density at radius 1 is 1.17 bits per heavy atom. The summed E-state index contributed by atoms with van der Waals surface area (Å²) in [7, 11) is 0.0990. The number of aromatic nitrogens is 5. The van der Waals surface area contributed by atoms with Gasteiger partial charge in [-0.1, -0.05) is 6.92 Å². The Kier molecular flexibility index (Phi) is 6.83. The number of halogens is 3. The Hall–Kier alpha value is -2.99. The molecule has 0 saturated heterocycles. The first-order valence-electron chi connectivity index (χ1n) is 8.46. The van der Waals surface area contributed by atoms with Gasteiger partial charge in [-0.05, 0) is 25.1 Å². The average Bonchev–Trinajstić information content (AvgIpc) is 3.07. The van der Waals surface area contributed by atoms with Crippen LogP contribution in [0.3, 0.4) is 0 Å². The van der Waals surface area contributed by atoms with Crippen LogP contribution < -0.4 is 0 Å². The monoisotopic (exact) mass is 441 g/mol. The molecule has 0 amide bonds. The van der Waals surface area contributed by atoms with Gasteiger partial charge in [0.25, 0.3) is 0 Å². The van der Waals surface area contributed by atoms with Gasteiger partial charge < -0.3 is 10.0 Å². The van der Waals surface area contributed by atoms with Gasteiger partial charge in [0.05, 0.1) is 21.3 Å². The van der Waals surface area contributed by atoms with Crippen LogP contribution in [0.4, 0.5) is 13.2 Å². The number of hydrogen-bond acceptors (Lipinski definition) is 6. The molecule has 3 rings (SSSR count). The molecule has 30 heavy (non-hydrogen) atoms. The summed E-state index contributed by atoms with van der Waals surface area (Å²) in [5.74, 6) is 0.351. The molecule has 2 N–H and O–H groups in total.